The molecular weight excluding hydrogens is 297 g/mol. The van der Waals surface area contributed by atoms with E-state index < -0.39 is 0 Å². The highest BCUT2D eigenvalue weighted by Crippen LogP contribution is 2.22. The van der Waals surface area contributed by atoms with Crippen LogP contribution in [0.4, 0.5) is 20.6 Å². The van der Waals surface area contributed by atoms with Gasteiger partial charge < -0.3 is 20.2 Å². The van der Waals surface area contributed by atoms with Crippen LogP contribution in [0.15, 0.2) is 48.5 Å². The fourth-order valence-corrected chi connectivity index (χ4v) is 2.59. The average Bonchev–Trinajstić information content (AvgIpc) is 2.58. The first-order valence-corrected chi connectivity index (χ1v) is 7.48. The van der Waals surface area contributed by atoms with Crippen LogP contribution in [-0.4, -0.2) is 42.2 Å². The van der Waals surface area contributed by atoms with Gasteiger partial charge in [0.15, 0.2) is 0 Å². The number of phenolic OH excluding ortho intramolecular Hbond substituents is 1. The number of amides is 2. The Morgan fingerprint density at radius 1 is 1.00 bits per heavy atom. The Balaban J connectivity index is 1.57. The molecule has 1 heterocycles. The van der Waals surface area contributed by atoms with Crippen molar-refractivity contribution in [1.29, 1.82) is 0 Å². The first kappa shape index (κ1) is 15.1. The van der Waals surface area contributed by atoms with Crippen molar-refractivity contribution in [3.05, 3.63) is 54.3 Å². The number of carbonyl (C=O) groups excluding carboxylic acids is 1. The molecule has 5 nitrogen and oxygen atoms in total. The molecule has 0 unspecified atom stereocenters. The van der Waals surface area contributed by atoms with Crippen molar-refractivity contribution in [3.8, 4) is 5.75 Å². The van der Waals surface area contributed by atoms with Crippen LogP contribution in [0, 0.1) is 5.82 Å². The van der Waals surface area contributed by atoms with Crippen molar-refractivity contribution in [2.45, 2.75) is 0 Å². The highest BCUT2D eigenvalue weighted by Gasteiger charge is 2.21. The predicted molar refractivity (Wildman–Crippen MR) is 87.3 cm³/mol. The number of carbonyl (C=O) groups is 1. The minimum Gasteiger partial charge on any atom is -0.506 e. The summed E-state index contributed by atoms with van der Waals surface area (Å²) >= 11 is 0. The van der Waals surface area contributed by atoms with Gasteiger partial charge in [-0.1, -0.05) is 12.1 Å². The lowest BCUT2D eigenvalue weighted by molar-refractivity contribution is 0.208. The Morgan fingerprint density at radius 3 is 2.30 bits per heavy atom. The fourth-order valence-electron chi connectivity index (χ4n) is 2.59. The first-order chi connectivity index (χ1) is 11.1. The van der Waals surface area contributed by atoms with Gasteiger partial charge in [-0.15, -0.1) is 0 Å². The van der Waals surface area contributed by atoms with Crippen LogP contribution in [0.25, 0.3) is 0 Å². The molecule has 0 bridgehead atoms. The maximum atomic E-state index is 13.0. The summed E-state index contributed by atoms with van der Waals surface area (Å²) in [6.07, 6.45) is 0. The van der Waals surface area contributed by atoms with Crippen molar-refractivity contribution < 1.29 is 14.3 Å². The van der Waals surface area contributed by atoms with Gasteiger partial charge >= 0.3 is 6.03 Å². The summed E-state index contributed by atoms with van der Waals surface area (Å²) in [7, 11) is 0. The molecule has 0 saturated carbocycles. The number of hydrogen-bond acceptors (Lipinski definition) is 3. The van der Waals surface area contributed by atoms with E-state index >= 15 is 0 Å². The topological polar surface area (TPSA) is 55.8 Å². The second-order valence-corrected chi connectivity index (χ2v) is 5.40. The molecular formula is C17H18FN3O2. The van der Waals surface area contributed by atoms with E-state index in [4.69, 9.17) is 0 Å². The summed E-state index contributed by atoms with van der Waals surface area (Å²) in [5.74, 6) is -0.208. The SMILES string of the molecule is O=C(Nc1ccccc1O)N1CCN(c2ccc(F)cc2)CC1. The second kappa shape index (κ2) is 6.56. The predicted octanol–water partition coefficient (Wildman–Crippen LogP) is 2.89. The molecule has 1 saturated heterocycles. The second-order valence-electron chi connectivity index (χ2n) is 5.40. The summed E-state index contributed by atoms with van der Waals surface area (Å²) in [6.45, 7) is 2.49. The van der Waals surface area contributed by atoms with E-state index in [0.29, 0.717) is 31.9 Å². The molecule has 0 spiro atoms. The zero-order valence-electron chi connectivity index (χ0n) is 12.6. The number of rotatable bonds is 2. The smallest absolute Gasteiger partial charge is 0.322 e. The molecule has 3 rings (SSSR count). The number of hydrogen-bond donors (Lipinski definition) is 2. The van der Waals surface area contributed by atoms with Crippen molar-refractivity contribution in [3.63, 3.8) is 0 Å². The molecule has 0 radical (unpaired) electrons. The normalized spacial score (nSPS) is 14.7. The third-order valence-electron chi connectivity index (χ3n) is 3.90. The lowest BCUT2D eigenvalue weighted by atomic mass is 10.2. The molecule has 0 aliphatic carbocycles. The van der Waals surface area contributed by atoms with Gasteiger partial charge in [-0.05, 0) is 36.4 Å². The van der Waals surface area contributed by atoms with Crippen molar-refractivity contribution >= 4 is 17.4 Å². The molecule has 2 aromatic carbocycles. The van der Waals surface area contributed by atoms with Gasteiger partial charge in [0.1, 0.15) is 11.6 Å². The summed E-state index contributed by atoms with van der Waals surface area (Å²) in [6, 6.07) is 12.8. The first-order valence-electron chi connectivity index (χ1n) is 7.48. The Bertz CT molecular complexity index is 682. The number of benzene rings is 2. The number of nitrogens with zero attached hydrogens (tertiary/aromatic N) is 2. The van der Waals surface area contributed by atoms with Crippen LogP contribution in [0.3, 0.4) is 0 Å². The molecule has 6 heteroatoms. The maximum absolute atomic E-state index is 13.0. The van der Waals surface area contributed by atoms with Crippen LogP contribution >= 0.6 is 0 Å². The summed E-state index contributed by atoms with van der Waals surface area (Å²) in [5, 5.41) is 12.4. The monoisotopic (exact) mass is 315 g/mol. The number of aromatic hydroxyl groups is 1. The third-order valence-corrected chi connectivity index (χ3v) is 3.90. The highest BCUT2D eigenvalue weighted by atomic mass is 19.1. The molecule has 23 heavy (non-hydrogen) atoms. The molecule has 1 aliphatic rings. The molecule has 0 atom stereocenters. The molecule has 1 fully saturated rings. The number of urea groups is 1. The molecule has 2 amide bonds. The van der Waals surface area contributed by atoms with Gasteiger partial charge in [0.05, 0.1) is 5.69 Å². The Labute approximate surface area is 133 Å². The lowest BCUT2D eigenvalue weighted by Crippen LogP contribution is -2.50. The molecule has 0 aromatic heterocycles. The number of anilines is 2. The minimum atomic E-state index is -0.255. The van der Waals surface area contributed by atoms with E-state index in [1.54, 1.807) is 35.2 Å². The van der Waals surface area contributed by atoms with Crippen LogP contribution < -0.4 is 10.2 Å². The van der Waals surface area contributed by atoms with Gasteiger partial charge in [0, 0.05) is 31.9 Å². The summed E-state index contributed by atoms with van der Waals surface area (Å²) < 4.78 is 13.0. The van der Waals surface area contributed by atoms with Crippen molar-refractivity contribution in [2.24, 2.45) is 0 Å². The number of para-hydroxylation sites is 2. The number of nitrogens with one attached hydrogen (secondary N) is 1. The van der Waals surface area contributed by atoms with E-state index in [1.165, 1.54) is 18.2 Å². The van der Waals surface area contributed by atoms with E-state index in [0.717, 1.165) is 5.69 Å². The Morgan fingerprint density at radius 2 is 1.65 bits per heavy atom. The maximum Gasteiger partial charge on any atom is 0.322 e. The molecule has 1 aliphatic heterocycles. The lowest BCUT2D eigenvalue weighted by Gasteiger charge is -2.36. The van der Waals surface area contributed by atoms with Crippen LogP contribution in [0.2, 0.25) is 0 Å². The number of piperazine rings is 1. The standard InChI is InChI=1S/C17H18FN3O2/c18-13-5-7-14(8-6-13)20-9-11-21(12-10-20)17(23)19-15-3-1-2-4-16(15)22/h1-8,22H,9-12H2,(H,19,23). The minimum absolute atomic E-state index is 0.0470. The molecule has 120 valence electrons. The van der Waals surface area contributed by atoms with E-state index in [9.17, 15) is 14.3 Å². The largest absolute Gasteiger partial charge is 0.506 e. The molecule has 2 N–H and O–H groups in total. The van der Waals surface area contributed by atoms with Gasteiger partial charge in [0.25, 0.3) is 0 Å². The van der Waals surface area contributed by atoms with Crippen LogP contribution in [-0.2, 0) is 0 Å². The zero-order valence-corrected chi connectivity index (χ0v) is 12.6. The molecule has 2 aromatic rings. The number of halogens is 1. The zero-order chi connectivity index (χ0) is 16.2. The van der Waals surface area contributed by atoms with Gasteiger partial charge in [-0.3, -0.25) is 0 Å². The van der Waals surface area contributed by atoms with Crippen molar-refractivity contribution in [1.82, 2.24) is 4.90 Å². The van der Waals surface area contributed by atoms with Crippen molar-refractivity contribution in [2.75, 3.05) is 36.4 Å². The van der Waals surface area contributed by atoms with Crippen LogP contribution in [0.5, 0.6) is 5.75 Å². The van der Waals surface area contributed by atoms with Gasteiger partial charge in [-0.2, -0.15) is 0 Å². The van der Waals surface area contributed by atoms with Crippen LogP contribution in [0.1, 0.15) is 0 Å². The van der Waals surface area contributed by atoms with E-state index in [-0.39, 0.29) is 17.6 Å². The summed E-state index contributed by atoms with van der Waals surface area (Å²) in [4.78, 5) is 16.1. The van der Waals surface area contributed by atoms with E-state index in [2.05, 4.69) is 10.2 Å². The quantitative estimate of drug-likeness (QED) is 0.838. The Kier molecular flexibility index (Phi) is 4.32. The third kappa shape index (κ3) is 3.53. The fraction of sp³-hybridized carbons (Fsp3) is 0.235. The van der Waals surface area contributed by atoms with E-state index in [1.807, 2.05) is 0 Å². The van der Waals surface area contributed by atoms with Gasteiger partial charge in [0.2, 0.25) is 0 Å². The number of phenols is 1. The summed E-state index contributed by atoms with van der Waals surface area (Å²) in [5.41, 5.74) is 1.35. The average molecular weight is 315 g/mol. The highest BCUT2D eigenvalue weighted by molar-refractivity contribution is 5.91. The van der Waals surface area contributed by atoms with Gasteiger partial charge in [-0.25, -0.2) is 9.18 Å². The Hall–Kier alpha value is -2.76.